The number of rotatable bonds is 2. The molecule has 0 spiro atoms. The number of aliphatic hydroxyl groups excluding tert-OH is 1. The molecule has 1 N–H and O–H groups in total. The molecule has 0 saturated heterocycles. The highest BCUT2D eigenvalue weighted by Gasteiger charge is 2.09. The lowest BCUT2D eigenvalue weighted by Crippen LogP contribution is -1.99. The molecule has 0 aromatic heterocycles. The van der Waals surface area contributed by atoms with E-state index in [1.165, 1.54) is 24.3 Å². The molecule has 2 aromatic rings. The molecule has 0 fully saturated rings. The molecule has 0 bridgehead atoms. The van der Waals surface area contributed by atoms with Crippen molar-refractivity contribution in [1.29, 1.82) is 5.26 Å². The lowest BCUT2D eigenvalue weighted by molar-refractivity contribution is 0.220. The zero-order valence-electron chi connectivity index (χ0n) is 8.97. The Kier molecular flexibility index (Phi) is 3.17. The van der Waals surface area contributed by atoms with Gasteiger partial charge in [-0.15, -0.1) is 0 Å². The third-order valence-corrected chi connectivity index (χ3v) is 2.54. The Labute approximate surface area is 98.6 Å². The quantitative estimate of drug-likeness (QED) is 0.857. The molecule has 84 valence electrons. The van der Waals surface area contributed by atoms with Crippen LogP contribution in [0.25, 0.3) is 0 Å². The predicted molar refractivity (Wildman–Crippen MR) is 61.6 cm³/mol. The smallest absolute Gasteiger partial charge is 0.123 e. The Morgan fingerprint density at radius 2 is 1.41 bits per heavy atom. The Hall–Kier alpha value is -2.18. The maximum absolute atomic E-state index is 12.7. The molecule has 2 rings (SSSR count). The summed E-state index contributed by atoms with van der Waals surface area (Å²) in [5.74, 6) is -0.333. The van der Waals surface area contributed by atoms with E-state index in [2.05, 4.69) is 0 Å². The summed E-state index contributed by atoms with van der Waals surface area (Å²) in [4.78, 5) is 0. The zero-order valence-corrected chi connectivity index (χ0v) is 8.97. The maximum atomic E-state index is 12.7. The van der Waals surface area contributed by atoms with Gasteiger partial charge in [0.1, 0.15) is 11.9 Å². The van der Waals surface area contributed by atoms with Crippen molar-refractivity contribution in [3.8, 4) is 6.07 Å². The Bertz CT molecular complexity index is 540. The van der Waals surface area contributed by atoms with E-state index in [4.69, 9.17) is 5.26 Å². The molecule has 2 nitrogen and oxygen atoms in total. The minimum Gasteiger partial charge on any atom is -0.384 e. The van der Waals surface area contributed by atoms with Crippen LogP contribution in [0.2, 0.25) is 0 Å². The first-order valence-electron chi connectivity index (χ1n) is 5.14. The summed E-state index contributed by atoms with van der Waals surface area (Å²) in [5.41, 5.74) is 1.84. The molecule has 0 saturated carbocycles. The number of halogens is 1. The first-order chi connectivity index (χ1) is 8.20. The monoisotopic (exact) mass is 227 g/mol. The van der Waals surface area contributed by atoms with Crippen molar-refractivity contribution in [2.75, 3.05) is 0 Å². The zero-order chi connectivity index (χ0) is 12.3. The second kappa shape index (κ2) is 4.77. The van der Waals surface area contributed by atoms with Gasteiger partial charge in [0.25, 0.3) is 0 Å². The molecule has 2 aromatic carbocycles. The molecule has 0 unspecified atom stereocenters. The van der Waals surface area contributed by atoms with Gasteiger partial charge in [0.2, 0.25) is 0 Å². The van der Waals surface area contributed by atoms with Gasteiger partial charge in [-0.3, -0.25) is 0 Å². The molecule has 1 atom stereocenters. The average Bonchev–Trinajstić information content (AvgIpc) is 2.39. The molecule has 0 radical (unpaired) electrons. The number of nitriles is 1. The van der Waals surface area contributed by atoms with Crippen LogP contribution >= 0.6 is 0 Å². The van der Waals surface area contributed by atoms with Crippen molar-refractivity contribution in [3.63, 3.8) is 0 Å². The Balaban J connectivity index is 2.27. The number of nitrogens with zero attached hydrogens (tertiary/aromatic N) is 1. The summed E-state index contributed by atoms with van der Waals surface area (Å²) >= 11 is 0. The number of hydrogen-bond acceptors (Lipinski definition) is 2. The molecule has 0 aliphatic rings. The second-order valence-corrected chi connectivity index (χ2v) is 3.69. The third kappa shape index (κ3) is 2.49. The van der Waals surface area contributed by atoms with Gasteiger partial charge in [-0.1, -0.05) is 24.3 Å². The highest BCUT2D eigenvalue weighted by Crippen LogP contribution is 2.22. The van der Waals surface area contributed by atoms with Crippen molar-refractivity contribution < 1.29 is 9.50 Å². The van der Waals surface area contributed by atoms with Gasteiger partial charge in [0.05, 0.1) is 11.6 Å². The summed E-state index contributed by atoms with van der Waals surface area (Å²) in [6.07, 6.45) is -0.802. The SMILES string of the molecule is N#Cc1ccc([C@@H](O)c2ccc(F)cc2)cc1. The summed E-state index contributed by atoms with van der Waals surface area (Å²) < 4.78 is 12.7. The van der Waals surface area contributed by atoms with Crippen molar-refractivity contribution >= 4 is 0 Å². The van der Waals surface area contributed by atoms with Crippen LogP contribution in [0.4, 0.5) is 4.39 Å². The summed E-state index contributed by atoms with van der Waals surface area (Å²) in [6.45, 7) is 0. The van der Waals surface area contributed by atoms with E-state index in [0.29, 0.717) is 16.7 Å². The van der Waals surface area contributed by atoms with Gasteiger partial charge < -0.3 is 5.11 Å². The van der Waals surface area contributed by atoms with E-state index >= 15 is 0 Å². The van der Waals surface area contributed by atoms with E-state index in [-0.39, 0.29) is 5.82 Å². The molecule has 0 aliphatic heterocycles. The fraction of sp³-hybridized carbons (Fsp3) is 0.0714. The van der Waals surface area contributed by atoms with Crippen molar-refractivity contribution in [1.82, 2.24) is 0 Å². The number of benzene rings is 2. The van der Waals surface area contributed by atoms with Gasteiger partial charge in [0.15, 0.2) is 0 Å². The molecular formula is C14H10FNO. The van der Waals surface area contributed by atoms with Gasteiger partial charge in [-0.25, -0.2) is 4.39 Å². The first-order valence-corrected chi connectivity index (χ1v) is 5.14. The highest BCUT2D eigenvalue weighted by molar-refractivity contribution is 5.36. The maximum Gasteiger partial charge on any atom is 0.123 e. The van der Waals surface area contributed by atoms with Crippen molar-refractivity contribution in [3.05, 3.63) is 71.0 Å². The van der Waals surface area contributed by atoms with Gasteiger partial charge in [0, 0.05) is 0 Å². The van der Waals surface area contributed by atoms with Crippen LogP contribution in [0.5, 0.6) is 0 Å². The van der Waals surface area contributed by atoms with Crippen LogP contribution in [-0.2, 0) is 0 Å². The lowest BCUT2D eigenvalue weighted by atomic mass is 10.0. The Morgan fingerprint density at radius 3 is 1.88 bits per heavy atom. The average molecular weight is 227 g/mol. The van der Waals surface area contributed by atoms with E-state index < -0.39 is 6.10 Å². The fourth-order valence-corrected chi connectivity index (χ4v) is 1.58. The molecular weight excluding hydrogens is 217 g/mol. The molecule has 3 heteroatoms. The van der Waals surface area contributed by atoms with Crippen LogP contribution < -0.4 is 0 Å². The lowest BCUT2D eigenvalue weighted by Gasteiger charge is -2.11. The van der Waals surface area contributed by atoms with E-state index in [1.807, 2.05) is 6.07 Å². The van der Waals surface area contributed by atoms with E-state index in [9.17, 15) is 9.50 Å². The normalized spacial score (nSPS) is 11.8. The largest absolute Gasteiger partial charge is 0.384 e. The fourth-order valence-electron chi connectivity index (χ4n) is 1.58. The van der Waals surface area contributed by atoms with Crippen LogP contribution in [0, 0.1) is 17.1 Å². The van der Waals surface area contributed by atoms with Gasteiger partial charge in [-0.2, -0.15) is 5.26 Å². The van der Waals surface area contributed by atoms with E-state index in [0.717, 1.165) is 0 Å². The molecule has 0 aliphatic carbocycles. The van der Waals surface area contributed by atoms with Gasteiger partial charge in [-0.05, 0) is 35.4 Å². The Morgan fingerprint density at radius 1 is 0.941 bits per heavy atom. The number of hydrogen-bond donors (Lipinski definition) is 1. The second-order valence-electron chi connectivity index (χ2n) is 3.69. The topological polar surface area (TPSA) is 44.0 Å². The van der Waals surface area contributed by atoms with Gasteiger partial charge >= 0.3 is 0 Å². The van der Waals surface area contributed by atoms with Crippen LogP contribution in [0.15, 0.2) is 48.5 Å². The minimum atomic E-state index is -0.802. The van der Waals surface area contributed by atoms with Crippen molar-refractivity contribution in [2.45, 2.75) is 6.10 Å². The molecule has 17 heavy (non-hydrogen) atoms. The summed E-state index contributed by atoms with van der Waals surface area (Å²) in [5, 5.41) is 18.7. The molecule has 0 amide bonds. The predicted octanol–water partition coefficient (Wildman–Crippen LogP) is 2.78. The van der Waals surface area contributed by atoms with E-state index in [1.54, 1.807) is 24.3 Å². The highest BCUT2D eigenvalue weighted by atomic mass is 19.1. The van der Waals surface area contributed by atoms with Crippen LogP contribution in [0.1, 0.15) is 22.8 Å². The third-order valence-electron chi connectivity index (χ3n) is 2.54. The van der Waals surface area contributed by atoms with Crippen LogP contribution in [-0.4, -0.2) is 5.11 Å². The number of aliphatic hydroxyl groups is 1. The molecule has 0 heterocycles. The van der Waals surface area contributed by atoms with Crippen LogP contribution in [0.3, 0.4) is 0 Å². The summed E-state index contributed by atoms with van der Waals surface area (Å²) in [6, 6.07) is 14.4. The summed E-state index contributed by atoms with van der Waals surface area (Å²) in [7, 11) is 0. The standard InChI is InChI=1S/C14H10FNO/c15-13-7-5-12(6-8-13)14(17)11-3-1-10(9-16)2-4-11/h1-8,14,17H/t14-/m1/s1. The van der Waals surface area contributed by atoms with Crippen molar-refractivity contribution in [2.24, 2.45) is 0 Å². The first kappa shape index (κ1) is 11.3. The minimum absolute atomic E-state index is 0.333.